The van der Waals surface area contributed by atoms with Crippen LogP contribution in [0.1, 0.15) is 18.9 Å². The van der Waals surface area contributed by atoms with Gasteiger partial charge in [0, 0.05) is 13.1 Å². The van der Waals surface area contributed by atoms with E-state index in [0.29, 0.717) is 18.9 Å². The van der Waals surface area contributed by atoms with Crippen molar-refractivity contribution >= 4 is 11.7 Å². The molecule has 0 radical (unpaired) electrons. The van der Waals surface area contributed by atoms with Crippen molar-refractivity contribution < 1.29 is 14.3 Å². The molecule has 1 unspecified atom stereocenters. The molecular weight excluding hydrogens is 354 g/mol. The van der Waals surface area contributed by atoms with E-state index in [0.717, 1.165) is 34.6 Å². The normalized spacial score (nSPS) is 19.4. The van der Waals surface area contributed by atoms with Crippen molar-refractivity contribution in [2.75, 3.05) is 27.8 Å². The Kier molecular flexibility index (Phi) is 5.58. The lowest BCUT2D eigenvalue weighted by Crippen LogP contribution is -2.52. The third kappa shape index (κ3) is 4.11. The Morgan fingerprint density at radius 2 is 1.79 bits per heavy atom. The lowest BCUT2D eigenvalue weighted by Gasteiger charge is -2.33. The highest BCUT2D eigenvalue weighted by atomic mass is 16.5. The van der Waals surface area contributed by atoms with Crippen molar-refractivity contribution in [3.8, 4) is 22.6 Å². The Morgan fingerprint density at radius 3 is 2.43 bits per heavy atom. The number of aryl methyl sites for hydroxylation is 1. The Balaban J connectivity index is 1.82. The van der Waals surface area contributed by atoms with Gasteiger partial charge in [0.15, 0.2) is 11.7 Å². The molecule has 0 amide bonds. The minimum atomic E-state index is -0.772. The molecule has 6 heteroatoms. The number of benzene rings is 2. The number of hydrogen-bond acceptors (Lipinski definition) is 6. The zero-order chi connectivity index (χ0) is 20.3. The molecular formula is C22H27N3O3. The highest BCUT2D eigenvalue weighted by molar-refractivity contribution is 5.98. The Morgan fingerprint density at radius 1 is 1.11 bits per heavy atom. The van der Waals surface area contributed by atoms with E-state index < -0.39 is 5.54 Å². The fourth-order valence-corrected chi connectivity index (χ4v) is 3.33. The van der Waals surface area contributed by atoms with Crippen molar-refractivity contribution in [2.45, 2.75) is 25.3 Å². The highest BCUT2D eigenvalue weighted by Gasteiger charge is 2.37. The molecule has 1 heterocycles. The second kappa shape index (κ2) is 7.92. The van der Waals surface area contributed by atoms with Crippen molar-refractivity contribution in [1.29, 1.82) is 0 Å². The number of nitrogens with two attached hydrogens (primary N) is 1. The first-order chi connectivity index (χ1) is 13.3. The molecule has 0 saturated carbocycles. The summed E-state index contributed by atoms with van der Waals surface area (Å²) in [7, 11) is 5.06. The number of likely N-dealkylation sites (N-methyl/N-ethyl adjacent to an activating group) is 1. The molecule has 148 valence electrons. The summed E-state index contributed by atoms with van der Waals surface area (Å²) in [5.74, 6) is 2.00. The van der Waals surface area contributed by atoms with Crippen LogP contribution in [0.4, 0.5) is 0 Å². The number of ether oxygens (including phenoxy) is 2. The van der Waals surface area contributed by atoms with E-state index in [1.54, 1.807) is 26.2 Å². The molecule has 28 heavy (non-hydrogen) atoms. The van der Waals surface area contributed by atoms with Crippen LogP contribution in [-0.2, 0) is 11.2 Å². The monoisotopic (exact) mass is 381 g/mol. The minimum Gasteiger partial charge on any atom is -0.497 e. The molecule has 1 aliphatic heterocycles. The second-order valence-corrected chi connectivity index (χ2v) is 7.32. The third-order valence-corrected chi connectivity index (χ3v) is 5.25. The van der Waals surface area contributed by atoms with Gasteiger partial charge in [-0.1, -0.05) is 24.3 Å². The van der Waals surface area contributed by atoms with Crippen LogP contribution in [-0.4, -0.2) is 50.0 Å². The number of methoxy groups -OCH3 is 2. The third-order valence-electron chi connectivity index (χ3n) is 5.25. The molecule has 0 spiro atoms. The van der Waals surface area contributed by atoms with E-state index in [9.17, 15) is 4.79 Å². The number of rotatable bonds is 6. The van der Waals surface area contributed by atoms with Crippen LogP contribution in [0.25, 0.3) is 11.1 Å². The van der Waals surface area contributed by atoms with Gasteiger partial charge in [0.25, 0.3) is 0 Å². The largest absolute Gasteiger partial charge is 0.497 e. The highest BCUT2D eigenvalue weighted by Crippen LogP contribution is 2.31. The second-order valence-electron chi connectivity index (χ2n) is 7.32. The summed E-state index contributed by atoms with van der Waals surface area (Å²) in [5.41, 5.74) is 8.39. The van der Waals surface area contributed by atoms with E-state index in [2.05, 4.69) is 23.2 Å². The van der Waals surface area contributed by atoms with E-state index >= 15 is 0 Å². The smallest absolute Gasteiger partial charge is 0.192 e. The number of hydrogen-bond donors (Lipinski definition) is 1. The summed E-state index contributed by atoms with van der Waals surface area (Å²) in [6, 6.07) is 14.1. The van der Waals surface area contributed by atoms with Gasteiger partial charge in [0.05, 0.1) is 20.8 Å². The summed E-state index contributed by atoms with van der Waals surface area (Å²) in [6.45, 7) is 2.17. The van der Waals surface area contributed by atoms with Gasteiger partial charge in [-0.25, -0.2) is 4.99 Å². The number of carbonyl (C=O) groups excluding carboxylic acids is 1. The van der Waals surface area contributed by atoms with Crippen LogP contribution in [0.15, 0.2) is 47.5 Å². The zero-order valence-electron chi connectivity index (χ0n) is 16.9. The van der Waals surface area contributed by atoms with Crippen molar-refractivity contribution in [2.24, 2.45) is 10.7 Å². The first-order valence-electron chi connectivity index (χ1n) is 9.27. The number of guanidine groups is 1. The maximum atomic E-state index is 12.5. The van der Waals surface area contributed by atoms with Gasteiger partial charge in [-0.3, -0.25) is 4.79 Å². The number of nitrogens with zero attached hydrogens (tertiary/aromatic N) is 2. The molecule has 1 atom stereocenters. The Labute approximate surface area is 166 Å². The topological polar surface area (TPSA) is 77.2 Å². The van der Waals surface area contributed by atoms with Gasteiger partial charge < -0.3 is 20.1 Å². The predicted octanol–water partition coefficient (Wildman–Crippen LogP) is 2.89. The summed E-state index contributed by atoms with van der Waals surface area (Å²) in [4.78, 5) is 18.6. The maximum Gasteiger partial charge on any atom is 0.192 e. The lowest BCUT2D eigenvalue weighted by atomic mass is 9.87. The van der Waals surface area contributed by atoms with Crippen molar-refractivity contribution in [1.82, 2.24) is 4.90 Å². The molecule has 1 aliphatic rings. The number of aliphatic imine (C=N–C) groups is 1. The van der Waals surface area contributed by atoms with Crippen molar-refractivity contribution in [3.63, 3.8) is 0 Å². The van der Waals surface area contributed by atoms with E-state index in [1.165, 1.54) is 0 Å². The summed E-state index contributed by atoms with van der Waals surface area (Å²) < 4.78 is 10.7. The van der Waals surface area contributed by atoms with Gasteiger partial charge in [-0.05, 0) is 48.6 Å². The average molecular weight is 381 g/mol. The Hall–Kier alpha value is -3.02. The van der Waals surface area contributed by atoms with E-state index in [4.69, 9.17) is 15.2 Å². The molecule has 0 aliphatic carbocycles. The van der Waals surface area contributed by atoms with Crippen LogP contribution < -0.4 is 15.2 Å². The standard InChI is InChI=1S/C22H27N3O3/c1-22(20(26)14-25(2)21(23)24-22)9-8-15-6-5-7-16(10-15)17-11-18(27-3)13-19(12-17)28-4/h5-7,10-13H,8-9,14H2,1-4H3,(H2,23,24). The minimum absolute atomic E-state index is 0.0953. The van der Waals surface area contributed by atoms with Gasteiger partial charge in [0.1, 0.15) is 17.0 Å². The molecule has 0 saturated heterocycles. The van der Waals surface area contributed by atoms with E-state index in [-0.39, 0.29) is 5.78 Å². The Bertz CT molecular complexity index is 887. The maximum absolute atomic E-state index is 12.5. The van der Waals surface area contributed by atoms with Crippen LogP contribution in [0, 0.1) is 0 Å². The van der Waals surface area contributed by atoms with E-state index in [1.807, 2.05) is 31.2 Å². The molecule has 2 aromatic carbocycles. The fraction of sp³-hybridized carbons (Fsp3) is 0.364. The van der Waals surface area contributed by atoms with Crippen LogP contribution in [0.3, 0.4) is 0 Å². The summed E-state index contributed by atoms with van der Waals surface area (Å²) in [6.07, 6.45) is 1.35. The molecule has 0 bridgehead atoms. The molecule has 3 rings (SSSR count). The molecule has 6 nitrogen and oxygen atoms in total. The number of carbonyl (C=O) groups is 1. The summed E-state index contributed by atoms with van der Waals surface area (Å²) >= 11 is 0. The molecule has 0 aromatic heterocycles. The van der Waals surface area contributed by atoms with Gasteiger partial charge in [-0.2, -0.15) is 0 Å². The quantitative estimate of drug-likeness (QED) is 0.833. The molecule has 0 fully saturated rings. The van der Waals surface area contributed by atoms with Crippen molar-refractivity contribution in [3.05, 3.63) is 48.0 Å². The van der Waals surface area contributed by atoms with Gasteiger partial charge >= 0.3 is 0 Å². The first-order valence-corrected chi connectivity index (χ1v) is 9.27. The average Bonchev–Trinajstić information content (AvgIpc) is 2.71. The lowest BCUT2D eigenvalue weighted by molar-refractivity contribution is -0.124. The zero-order valence-corrected chi connectivity index (χ0v) is 16.9. The van der Waals surface area contributed by atoms with Crippen LogP contribution in [0.5, 0.6) is 11.5 Å². The SMILES string of the molecule is COc1cc(OC)cc(-c2cccc(CCC3(C)N=C(N)N(C)CC3=O)c2)c1. The fourth-order valence-electron chi connectivity index (χ4n) is 3.33. The van der Waals surface area contributed by atoms with Crippen LogP contribution >= 0.6 is 0 Å². The molecule has 2 aromatic rings. The van der Waals surface area contributed by atoms with Gasteiger partial charge in [0.2, 0.25) is 0 Å². The number of Topliss-reactive ketones (excluding diaryl/α,β-unsaturated/α-hetero) is 1. The van der Waals surface area contributed by atoms with Gasteiger partial charge in [-0.15, -0.1) is 0 Å². The predicted molar refractivity (Wildman–Crippen MR) is 111 cm³/mol. The first kappa shape index (κ1) is 19.7. The number of ketones is 1. The molecule has 2 N–H and O–H groups in total. The van der Waals surface area contributed by atoms with Crippen LogP contribution in [0.2, 0.25) is 0 Å². The summed E-state index contributed by atoms with van der Waals surface area (Å²) in [5, 5.41) is 0.